The van der Waals surface area contributed by atoms with Crippen molar-refractivity contribution < 1.29 is 17.9 Å². The molecule has 0 aliphatic carbocycles. The van der Waals surface area contributed by atoms with Gasteiger partial charge in [0.05, 0.1) is 28.8 Å². The maximum absolute atomic E-state index is 12.6. The summed E-state index contributed by atoms with van der Waals surface area (Å²) in [4.78, 5) is 12.5. The van der Waals surface area contributed by atoms with Gasteiger partial charge in [-0.3, -0.25) is 9.48 Å². The molecule has 1 saturated heterocycles. The second-order valence-electron chi connectivity index (χ2n) is 5.46. The molecule has 3 rings (SSSR count). The Bertz CT molecular complexity index is 854. The van der Waals surface area contributed by atoms with Crippen molar-refractivity contribution in [1.82, 2.24) is 14.1 Å². The average molecular weight is 429 g/mol. The summed E-state index contributed by atoms with van der Waals surface area (Å²) in [5.74, 6) is -0.337. The molecule has 134 valence electrons. The Morgan fingerprint density at radius 3 is 2.44 bits per heavy atom. The summed E-state index contributed by atoms with van der Waals surface area (Å²) in [5.41, 5.74) is 0.879. The van der Waals surface area contributed by atoms with E-state index in [-0.39, 0.29) is 10.8 Å². The zero-order chi connectivity index (χ0) is 18.0. The molecular formula is C15H17BrN4O4S. The monoisotopic (exact) mass is 428 g/mol. The zero-order valence-corrected chi connectivity index (χ0v) is 15.9. The van der Waals surface area contributed by atoms with Gasteiger partial charge >= 0.3 is 0 Å². The van der Waals surface area contributed by atoms with E-state index >= 15 is 0 Å². The number of nitrogens with one attached hydrogen (secondary N) is 1. The van der Waals surface area contributed by atoms with E-state index in [0.29, 0.717) is 42.2 Å². The molecule has 1 aromatic heterocycles. The summed E-state index contributed by atoms with van der Waals surface area (Å²) in [7, 11) is -1.88. The van der Waals surface area contributed by atoms with E-state index in [1.54, 1.807) is 19.2 Å². The molecular weight excluding hydrogens is 412 g/mol. The number of carbonyl (C=O) groups is 1. The fourth-order valence-corrected chi connectivity index (χ4v) is 4.44. The third-order valence-corrected chi connectivity index (χ3v) is 6.32. The Labute approximate surface area is 153 Å². The van der Waals surface area contributed by atoms with Gasteiger partial charge in [0, 0.05) is 25.8 Å². The van der Waals surface area contributed by atoms with Crippen LogP contribution in [-0.4, -0.2) is 54.7 Å². The number of aromatic nitrogens is 2. The average Bonchev–Trinajstić information content (AvgIpc) is 2.95. The molecule has 1 aliphatic heterocycles. The van der Waals surface area contributed by atoms with Gasteiger partial charge in [-0.1, -0.05) is 0 Å². The molecule has 1 N–H and O–H groups in total. The van der Waals surface area contributed by atoms with Crippen molar-refractivity contribution in [3.8, 4) is 0 Å². The zero-order valence-electron chi connectivity index (χ0n) is 13.5. The number of sulfonamides is 1. The van der Waals surface area contributed by atoms with Gasteiger partial charge in [-0.15, -0.1) is 0 Å². The van der Waals surface area contributed by atoms with E-state index in [2.05, 4.69) is 26.3 Å². The minimum Gasteiger partial charge on any atom is -0.379 e. The summed E-state index contributed by atoms with van der Waals surface area (Å²) in [6.07, 6.45) is 1.53. The third-order valence-electron chi connectivity index (χ3n) is 3.83. The van der Waals surface area contributed by atoms with Gasteiger partial charge in [0.1, 0.15) is 5.69 Å². The lowest BCUT2D eigenvalue weighted by Crippen LogP contribution is -2.40. The lowest BCUT2D eigenvalue weighted by Gasteiger charge is -2.26. The maximum Gasteiger partial charge on any atom is 0.275 e. The summed E-state index contributed by atoms with van der Waals surface area (Å²) in [5, 5.41) is 6.72. The normalized spacial score (nSPS) is 15.9. The van der Waals surface area contributed by atoms with Crippen molar-refractivity contribution in [2.24, 2.45) is 7.05 Å². The molecule has 0 saturated carbocycles. The lowest BCUT2D eigenvalue weighted by molar-refractivity contribution is 0.0730. The molecule has 1 aliphatic rings. The Kier molecular flexibility index (Phi) is 5.23. The summed E-state index contributed by atoms with van der Waals surface area (Å²) < 4.78 is 33.7. The predicted molar refractivity (Wildman–Crippen MR) is 94.9 cm³/mol. The van der Waals surface area contributed by atoms with Crippen LogP contribution in [0.1, 0.15) is 10.5 Å². The molecule has 8 nitrogen and oxygen atoms in total. The fourth-order valence-electron chi connectivity index (χ4n) is 2.50. The van der Waals surface area contributed by atoms with Crippen molar-refractivity contribution in [3.05, 3.63) is 40.6 Å². The van der Waals surface area contributed by atoms with E-state index in [1.807, 2.05) is 0 Å². The topological polar surface area (TPSA) is 93.5 Å². The van der Waals surface area contributed by atoms with Gasteiger partial charge in [-0.05, 0) is 40.2 Å². The number of ether oxygens (including phenoxy) is 1. The molecule has 0 unspecified atom stereocenters. The molecule has 1 amide bonds. The van der Waals surface area contributed by atoms with Gasteiger partial charge in [-0.25, -0.2) is 8.42 Å². The minimum atomic E-state index is -3.54. The Morgan fingerprint density at radius 1 is 1.24 bits per heavy atom. The number of amides is 1. The van der Waals surface area contributed by atoms with Crippen molar-refractivity contribution in [2.75, 3.05) is 31.6 Å². The molecule has 0 radical (unpaired) electrons. The first-order chi connectivity index (χ1) is 11.9. The first-order valence-corrected chi connectivity index (χ1v) is 9.80. The van der Waals surface area contributed by atoms with Crippen LogP contribution in [0.4, 0.5) is 5.69 Å². The van der Waals surface area contributed by atoms with Gasteiger partial charge in [0.15, 0.2) is 0 Å². The van der Waals surface area contributed by atoms with Crippen molar-refractivity contribution in [3.63, 3.8) is 0 Å². The number of hydrogen-bond donors (Lipinski definition) is 1. The number of nitrogens with zero attached hydrogens (tertiary/aromatic N) is 3. The third kappa shape index (κ3) is 3.76. The first kappa shape index (κ1) is 18.1. The minimum absolute atomic E-state index is 0.189. The van der Waals surface area contributed by atoms with Crippen LogP contribution in [0.5, 0.6) is 0 Å². The summed E-state index contributed by atoms with van der Waals surface area (Å²) in [6.45, 7) is 1.48. The van der Waals surface area contributed by atoms with Crippen LogP contribution in [0.3, 0.4) is 0 Å². The first-order valence-electron chi connectivity index (χ1n) is 7.56. The molecule has 0 spiro atoms. The van der Waals surface area contributed by atoms with Gasteiger partial charge in [-0.2, -0.15) is 9.40 Å². The van der Waals surface area contributed by atoms with Crippen LogP contribution < -0.4 is 5.32 Å². The van der Waals surface area contributed by atoms with Gasteiger partial charge in [0.25, 0.3) is 5.91 Å². The largest absolute Gasteiger partial charge is 0.379 e. The molecule has 25 heavy (non-hydrogen) atoms. The Hall–Kier alpha value is -1.75. The SMILES string of the molecule is Cn1ncc(Br)c1C(=O)Nc1ccc(S(=O)(=O)N2CCOCC2)cc1. The molecule has 1 aromatic carbocycles. The molecule has 10 heteroatoms. The van der Waals surface area contributed by atoms with Crippen LogP contribution in [-0.2, 0) is 21.8 Å². The van der Waals surface area contributed by atoms with Crippen molar-refractivity contribution >= 4 is 37.5 Å². The van der Waals surface area contributed by atoms with Crippen LogP contribution in [0, 0.1) is 0 Å². The van der Waals surface area contributed by atoms with Crippen LogP contribution >= 0.6 is 15.9 Å². The van der Waals surface area contributed by atoms with Crippen molar-refractivity contribution in [1.29, 1.82) is 0 Å². The highest BCUT2D eigenvalue weighted by Crippen LogP contribution is 2.21. The summed E-state index contributed by atoms with van der Waals surface area (Å²) >= 11 is 3.27. The number of rotatable bonds is 4. The van der Waals surface area contributed by atoms with Crippen LogP contribution in [0.25, 0.3) is 0 Å². The molecule has 1 fully saturated rings. The molecule has 2 aromatic rings. The number of morpholine rings is 1. The van der Waals surface area contributed by atoms with E-state index in [9.17, 15) is 13.2 Å². The number of carbonyl (C=O) groups excluding carboxylic acids is 1. The standard InChI is InChI=1S/C15H17BrN4O4S/c1-19-14(13(16)10-17-19)15(21)18-11-2-4-12(5-3-11)25(22,23)20-6-8-24-9-7-20/h2-5,10H,6-9H2,1H3,(H,18,21). The Morgan fingerprint density at radius 2 is 1.88 bits per heavy atom. The highest BCUT2D eigenvalue weighted by molar-refractivity contribution is 9.10. The molecule has 0 bridgehead atoms. The van der Waals surface area contributed by atoms with Crippen LogP contribution in [0.15, 0.2) is 39.8 Å². The summed E-state index contributed by atoms with van der Waals surface area (Å²) in [6, 6.07) is 6.10. The number of aryl methyl sites for hydroxylation is 1. The maximum atomic E-state index is 12.6. The molecule has 2 heterocycles. The number of halogens is 1. The number of benzene rings is 1. The van der Waals surface area contributed by atoms with Gasteiger partial charge < -0.3 is 10.1 Å². The quantitative estimate of drug-likeness (QED) is 0.795. The van der Waals surface area contributed by atoms with Gasteiger partial charge in [0.2, 0.25) is 10.0 Å². The second-order valence-corrected chi connectivity index (χ2v) is 8.25. The van der Waals surface area contributed by atoms with E-state index < -0.39 is 10.0 Å². The number of hydrogen-bond acceptors (Lipinski definition) is 5. The van der Waals surface area contributed by atoms with E-state index in [4.69, 9.17) is 4.74 Å². The highest BCUT2D eigenvalue weighted by atomic mass is 79.9. The number of anilines is 1. The highest BCUT2D eigenvalue weighted by Gasteiger charge is 2.26. The predicted octanol–water partition coefficient (Wildman–Crippen LogP) is 1.46. The van der Waals surface area contributed by atoms with Crippen LogP contribution in [0.2, 0.25) is 0 Å². The fraction of sp³-hybridized carbons (Fsp3) is 0.333. The second kappa shape index (κ2) is 7.24. The van der Waals surface area contributed by atoms with E-state index in [1.165, 1.54) is 27.3 Å². The van der Waals surface area contributed by atoms with Crippen molar-refractivity contribution in [2.45, 2.75) is 4.90 Å². The smallest absolute Gasteiger partial charge is 0.275 e. The van der Waals surface area contributed by atoms with E-state index in [0.717, 1.165) is 0 Å². The molecule has 0 atom stereocenters. The Balaban J connectivity index is 1.75. The lowest BCUT2D eigenvalue weighted by atomic mass is 10.3.